The van der Waals surface area contributed by atoms with Crippen LogP contribution in [0.4, 0.5) is 0 Å². The van der Waals surface area contributed by atoms with Crippen LogP contribution in [0.3, 0.4) is 0 Å². The number of hydrogen-bond donors (Lipinski definition) is 4. The van der Waals surface area contributed by atoms with Gasteiger partial charge in [0.1, 0.15) is 0 Å². The topological polar surface area (TPSA) is 40.5 Å². The van der Waals surface area contributed by atoms with Crippen molar-refractivity contribution >= 4 is 25.3 Å². The molecule has 0 aliphatic heterocycles. The summed E-state index contributed by atoms with van der Waals surface area (Å²) in [7, 11) is 0. The van der Waals surface area contributed by atoms with Gasteiger partial charge in [0.2, 0.25) is 0 Å². The first-order valence-electron chi connectivity index (χ1n) is 9.79. The summed E-state index contributed by atoms with van der Waals surface area (Å²) in [5, 5.41) is 21.3. The fourth-order valence-electron chi connectivity index (χ4n) is 6.17. The molecule has 0 saturated heterocycles. The quantitative estimate of drug-likeness (QED) is 0.554. The van der Waals surface area contributed by atoms with Gasteiger partial charge in [0.25, 0.3) is 0 Å². The molecular formula is C20H36O2S2. The summed E-state index contributed by atoms with van der Waals surface area (Å²) in [6, 6.07) is 0. The second-order valence-electron chi connectivity index (χ2n) is 9.84. The highest BCUT2D eigenvalue weighted by Crippen LogP contribution is 2.68. The summed E-state index contributed by atoms with van der Waals surface area (Å²) in [6.45, 7) is 9.00. The van der Waals surface area contributed by atoms with Gasteiger partial charge in [0.15, 0.2) is 0 Å². The number of fused-ring (bicyclic) bond motifs is 2. The van der Waals surface area contributed by atoms with E-state index in [9.17, 15) is 10.2 Å². The lowest BCUT2D eigenvalue weighted by molar-refractivity contribution is -0.00736. The first-order valence-corrected chi connectivity index (χ1v) is 10.8. The Labute approximate surface area is 159 Å². The van der Waals surface area contributed by atoms with E-state index in [0.29, 0.717) is 17.8 Å². The van der Waals surface area contributed by atoms with Crippen molar-refractivity contribution < 1.29 is 10.2 Å². The fourth-order valence-corrected chi connectivity index (χ4v) is 7.37. The third kappa shape index (κ3) is 2.78. The van der Waals surface area contributed by atoms with Crippen molar-refractivity contribution in [3.63, 3.8) is 0 Å². The van der Waals surface area contributed by atoms with E-state index in [0.717, 1.165) is 25.7 Å². The SMILES string of the molecule is CC(CCC1(C)[C@@H]2CC[C@]1(C)[C@@H](O)[C@@H]2S)[C@H]1CC[C@@](C)(O)[C@H](S)C1. The molecule has 140 valence electrons. The van der Waals surface area contributed by atoms with E-state index >= 15 is 0 Å². The molecule has 0 spiro atoms. The molecule has 0 heterocycles. The summed E-state index contributed by atoms with van der Waals surface area (Å²) in [5.74, 6) is 1.88. The van der Waals surface area contributed by atoms with Gasteiger partial charge in [-0.25, -0.2) is 0 Å². The highest BCUT2D eigenvalue weighted by Gasteiger charge is 2.66. The molecule has 0 radical (unpaired) electrons. The molecule has 3 rings (SSSR count). The van der Waals surface area contributed by atoms with Crippen LogP contribution in [0, 0.1) is 28.6 Å². The highest BCUT2D eigenvalue weighted by molar-refractivity contribution is 7.81. The van der Waals surface area contributed by atoms with Crippen molar-refractivity contribution in [1.82, 2.24) is 0 Å². The number of thiol groups is 2. The summed E-state index contributed by atoms with van der Waals surface area (Å²) in [6.07, 6.45) is 7.50. The van der Waals surface area contributed by atoms with E-state index in [4.69, 9.17) is 12.6 Å². The molecule has 9 atom stereocenters. The molecule has 2 unspecified atom stereocenters. The molecular weight excluding hydrogens is 336 g/mol. The van der Waals surface area contributed by atoms with E-state index < -0.39 is 5.60 Å². The van der Waals surface area contributed by atoms with Gasteiger partial charge in [-0.1, -0.05) is 20.8 Å². The van der Waals surface area contributed by atoms with Crippen molar-refractivity contribution in [2.45, 2.75) is 94.8 Å². The van der Waals surface area contributed by atoms with E-state index in [-0.39, 0.29) is 27.4 Å². The summed E-state index contributed by atoms with van der Waals surface area (Å²) in [4.78, 5) is 0. The number of aliphatic hydroxyl groups is 2. The molecule has 4 heteroatoms. The molecule has 2 N–H and O–H groups in total. The first kappa shape index (κ1) is 19.4. The minimum Gasteiger partial charge on any atom is -0.391 e. The van der Waals surface area contributed by atoms with Gasteiger partial charge in [-0.2, -0.15) is 25.3 Å². The van der Waals surface area contributed by atoms with Gasteiger partial charge in [0.05, 0.1) is 11.7 Å². The van der Waals surface area contributed by atoms with Crippen LogP contribution in [0.5, 0.6) is 0 Å². The molecule has 3 saturated carbocycles. The Morgan fingerprint density at radius 2 is 1.79 bits per heavy atom. The maximum absolute atomic E-state index is 10.7. The Morgan fingerprint density at radius 3 is 2.33 bits per heavy atom. The minimum atomic E-state index is -0.604. The smallest absolute Gasteiger partial charge is 0.0735 e. The zero-order chi connectivity index (χ0) is 17.9. The number of rotatable bonds is 4. The van der Waals surface area contributed by atoms with Gasteiger partial charge >= 0.3 is 0 Å². The van der Waals surface area contributed by atoms with Crippen molar-refractivity contribution in [2.24, 2.45) is 28.6 Å². The van der Waals surface area contributed by atoms with Crippen LogP contribution < -0.4 is 0 Å². The maximum Gasteiger partial charge on any atom is 0.0735 e. The predicted molar refractivity (Wildman–Crippen MR) is 107 cm³/mol. The van der Waals surface area contributed by atoms with Gasteiger partial charge in [0, 0.05) is 15.9 Å². The van der Waals surface area contributed by atoms with Crippen LogP contribution in [0.2, 0.25) is 0 Å². The molecule has 3 aliphatic carbocycles. The second kappa shape index (κ2) is 6.35. The van der Waals surface area contributed by atoms with E-state index in [1.54, 1.807) is 0 Å². The standard InChI is InChI=1S/C20H36O2S2/c1-12(13-6-10-20(4,22)15(23)11-13)5-8-18(2)14-7-9-19(18,3)17(21)16(14)24/h12-17,21-24H,5-11H2,1-4H3/t12?,13-,14+,15+,16+,17-,18?,19+,20+/m0/s1. The average Bonchev–Trinajstić information content (AvgIpc) is 2.85. The van der Waals surface area contributed by atoms with Gasteiger partial charge in [-0.05, 0) is 75.0 Å². The number of aliphatic hydroxyl groups excluding tert-OH is 1. The Hall–Kier alpha value is 0.620. The van der Waals surface area contributed by atoms with Crippen LogP contribution in [-0.4, -0.2) is 32.4 Å². The summed E-state index contributed by atoms with van der Waals surface area (Å²) >= 11 is 9.40. The van der Waals surface area contributed by atoms with E-state index in [2.05, 4.69) is 33.4 Å². The normalized spacial score (nSPS) is 55.8. The van der Waals surface area contributed by atoms with E-state index in [1.807, 2.05) is 6.92 Å². The van der Waals surface area contributed by atoms with E-state index in [1.165, 1.54) is 19.3 Å². The zero-order valence-corrected chi connectivity index (χ0v) is 17.5. The molecule has 2 bridgehead atoms. The van der Waals surface area contributed by atoms with Crippen molar-refractivity contribution in [2.75, 3.05) is 0 Å². The third-order valence-corrected chi connectivity index (χ3v) is 10.1. The first-order chi connectivity index (χ1) is 11.0. The molecule has 2 nitrogen and oxygen atoms in total. The Balaban J connectivity index is 1.62. The minimum absolute atomic E-state index is 0.0339. The van der Waals surface area contributed by atoms with Gasteiger partial charge in [-0.15, -0.1) is 0 Å². The lowest BCUT2D eigenvalue weighted by Gasteiger charge is -2.43. The van der Waals surface area contributed by atoms with Gasteiger partial charge < -0.3 is 10.2 Å². The molecule has 0 amide bonds. The number of hydrogen-bond acceptors (Lipinski definition) is 4. The van der Waals surface area contributed by atoms with Crippen molar-refractivity contribution in [1.29, 1.82) is 0 Å². The van der Waals surface area contributed by atoms with Crippen LogP contribution in [0.15, 0.2) is 0 Å². The predicted octanol–water partition coefficient (Wildman–Crippen LogP) is 4.35. The molecule has 0 aromatic carbocycles. The molecule has 3 aliphatic rings. The van der Waals surface area contributed by atoms with Crippen molar-refractivity contribution in [3.05, 3.63) is 0 Å². The van der Waals surface area contributed by atoms with Crippen molar-refractivity contribution in [3.8, 4) is 0 Å². The van der Waals surface area contributed by atoms with Crippen LogP contribution in [0.25, 0.3) is 0 Å². The monoisotopic (exact) mass is 372 g/mol. The molecule has 0 aromatic heterocycles. The average molecular weight is 373 g/mol. The zero-order valence-electron chi connectivity index (χ0n) is 15.7. The molecule has 3 fully saturated rings. The maximum atomic E-state index is 10.7. The molecule has 0 aromatic rings. The van der Waals surface area contributed by atoms with Crippen LogP contribution in [0.1, 0.15) is 72.6 Å². The summed E-state index contributed by atoms with van der Waals surface area (Å²) < 4.78 is 0. The van der Waals surface area contributed by atoms with Crippen LogP contribution >= 0.6 is 25.3 Å². The molecule has 24 heavy (non-hydrogen) atoms. The fraction of sp³-hybridized carbons (Fsp3) is 1.00. The lowest BCUT2D eigenvalue weighted by atomic mass is 9.64. The largest absolute Gasteiger partial charge is 0.391 e. The Kier molecular flexibility index (Phi) is 5.13. The van der Waals surface area contributed by atoms with Gasteiger partial charge in [-0.3, -0.25) is 0 Å². The van der Waals surface area contributed by atoms with Crippen LogP contribution in [-0.2, 0) is 0 Å². The Bertz CT molecular complexity index is 482. The third-order valence-electron chi connectivity index (χ3n) is 8.68. The Morgan fingerprint density at radius 1 is 1.12 bits per heavy atom. The summed E-state index contributed by atoms with van der Waals surface area (Å²) in [5.41, 5.74) is -0.355. The highest BCUT2D eigenvalue weighted by atomic mass is 32.1. The second-order valence-corrected chi connectivity index (χ2v) is 11.1. The lowest BCUT2D eigenvalue weighted by Crippen LogP contribution is -2.43.